The van der Waals surface area contributed by atoms with E-state index in [2.05, 4.69) is 42.2 Å². The van der Waals surface area contributed by atoms with Gasteiger partial charge in [0.25, 0.3) is 0 Å². The van der Waals surface area contributed by atoms with Crippen molar-refractivity contribution in [1.29, 1.82) is 0 Å². The first-order valence-corrected chi connectivity index (χ1v) is 7.28. The van der Waals surface area contributed by atoms with Gasteiger partial charge in [-0.3, -0.25) is 0 Å². The molecule has 1 aliphatic carbocycles. The van der Waals surface area contributed by atoms with Gasteiger partial charge in [0.2, 0.25) is 0 Å². The maximum absolute atomic E-state index is 4.62. The first-order chi connectivity index (χ1) is 9.56. The summed E-state index contributed by atoms with van der Waals surface area (Å²) in [7, 11) is 0. The first-order valence-electron chi connectivity index (χ1n) is 7.28. The molecule has 1 fully saturated rings. The van der Waals surface area contributed by atoms with E-state index in [0.29, 0.717) is 0 Å². The zero-order valence-corrected chi connectivity index (χ0v) is 12.7. The second-order valence-corrected chi connectivity index (χ2v) is 5.85. The van der Waals surface area contributed by atoms with Gasteiger partial charge in [-0.1, -0.05) is 0 Å². The highest BCUT2D eigenvalue weighted by Crippen LogP contribution is 2.21. The third kappa shape index (κ3) is 2.48. The quantitative estimate of drug-likeness (QED) is 0.929. The average Bonchev–Trinajstić information content (AvgIpc) is 3.21. The van der Waals surface area contributed by atoms with Crippen molar-refractivity contribution in [2.45, 2.75) is 53.1 Å². The Morgan fingerprint density at radius 3 is 2.55 bits per heavy atom. The summed E-state index contributed by atoms with van der Waals surface area (Å²) in [6, 6.07) is 2.94. The van der Waals surface area contributed by atoms with Crippen LogP contribution in [0, 0.1) is 27.7 Å². The highest BCUT2D eigenvalue weighted by molar-refractivity contribution is 5.38. The van der Waals surface area contributed by atoms with Crippen LogP contribution in [0.3, 0.4) is 0 Å². The minimum absolute atomic E-state index is 0.730. The molecule has 4 heteroatoms. The van der Waals surface area contributed by atoms with Crippen LogP contribution in [0.2, 0.25) is 0 Å². The predicted octanol–water partition coefficient (Wildman–Crippen LogP) is 2.75. The summed E-state index contributed by atoms with van der Waals surface area (Å²) in [5.41, 5.74) is 5.90. The van der Waals surface area contributed by atoms with Gasteiger partial charge in [0.15, 0.2) is 5.82 Å². The normalized spacial score (nSPS) is 14.8. The molecule has 1 N–H and O–H groups in total. The molecule has 3 rings (SSSR count). The number of pyridine rings is 1. The molecule has 2 aromatic rings. The van der Waals surface area contributed by atoms with Gasteiger partial charge >= 0.3 is 0 Å². The van der Waals surface area contributed by atoms with Crippen LogP contribution < -0.4 is 5.32 Å². The zero-order valence-electron chi connectivity index (χ0n) is 12.7. The molecule has 2 aromatic heterocycles. The standard InChI is InChI=1S/C16H22N4/c1-10-7-14(8-17-15-5-6-15)9-18-16(10)20-13(4)11(2)12(3)19-20/h7,9,15,17H,5-6,8H2,1-4H3. The fraction of sp³-hybridized carbons (Fsp3) is 0.500. The Morgan fingerprint density at radius 1 is 1.25 bits per heavy atom. The number of aryl methyl sites for hydroxylation is 2. The van der Waals surface area contributed by atoms with Crippen molar-refractivity contribution in [3.8, 4) is 5.82 Å². The molecule has 0 radical (unpaired) electrons. The van der Waals surface area contributed by atoms with Crippen molar-refractivity contribution in [2.24, 2.45) is 0 Å². The van der Waals surface area contributed by atoms with Gasteiger partial charge in [-0.2, -0.15) is 5.10 Å². The van der Waals surface area contributed by atoms with E-state index in [1.54, 1.807) is 0 Å². The highest BCUT2D eigenvalue weighted by Gasteiger charge is 2.20. The lowest BCUT2D eigenvalue weighted by molar-refractivity contribution is 0.683. The molecule has 0 aliphatic heterocycles. The van der Waals surface area contributed by atoms with E-state index in [1.165, 1.54) is 35.2 Å². The zero-order chi connectivity index (χ0) is 14.3. The smallest absolute Gasteiger partial charge is 0.156 e. The maximum Gasteiger partial charge on any atom is 0.156 e. The van der Waals surface area contributed by atoms with Crippen LogP contribution >= 0.6 is 0 Å². The number of aromatic nitrogens is 3. The Morgan fingerprint density at radius 2 is 2.00 bits per heavy atom. The second-order valence-electron chi connectivity index (χ2n) is 5.85. The van der Waals surface area contributed by atoms with Crippen LogP contribution in [0.1, 0.15) is 40.9 Å². The Bertz CT molecular complexity index is 638. The van der Waals surface area contributed by atoms with Gasteiger partial charge in [0, 0.05) is 24.5 Å². The fourth-order valence-corrected chi connectivity index (χ4v) is 2.42. The van der Waals surface area contributed by atoms with Crippen molar-refractivity contribution in [1.82, 2.24) is 20.1 Å². The Labute approximate surface area is 120 Å². The Balaban J connectivity index is 1.87. The lowest BCUT2D eigenvalue weighted by Gasteiger charge is -2.10. The Kier molecular flexibility index (Phi) is 3.34. The molecule has 0 amide bonds. The van der Waals surface area contributed by atoms with Crippen molar-refractivity contribution in [3.63, 3.8) is 0 Å². The lowest BCUT2D eigenvalue weighted by Crippen LogP contribution is -2.16. The Hall–Kier alpha value is -1.68. The SMILES string of the molecule is Cc1cc(CNC2CC2)cnc1-n1nc(C)c(C)c1C. The van der Waals surface area contributed by atoms with E-state index in [-0.39, 0.29) is 0 Å². The predicted molar refractivity (Wildman–Crippen MR) is 80.2 cm³/mol. The van der Waals surface area contributed by atoms with E-state index in [4.69, 9.17) is 0 Å². The van der Waals surface area contributed by atoms with Crippen LogP contribution in [0.15, 0.2) is 12.3 Å². The van der Waals surface area contributed by atoms with Gasteiger partial charge in [0.05, 0.1) is 5.69 Å². The molecule has 2 heterocycles. The molecule has 0 spiro atoms. The average molecular weight is 270 g/mol. The van der Waals surface area contributed by atoms with Gasteiger partial charge < -0.3 is 5.32 Å². The van der Waals surface area contributed by atoms with Crippen LogP contribution in [-0.2, 0) is 6.54 Å². The molecular weight excluding hydrogens is 248 g/mol. The molecule has 4 nitrogen and oxygen atoms in total. The summed E-state index contributed by atoms with van der Waals surface area (Å²) in [6.07, 6.45) is 4.59. The number of hydrogen-bond donors (Lipinski definition) is 1. The van der Waals surface area contributed by atoms with Crippen molar-refractivity contribution < 1.29 is 0 Å². The second kappa shape index (κ2) is 5.02. The highest BCUT2D eigenvalue weighted by atomic mass is 15.3. The van der Waals surface area contributed by atoms with Crippen LogP contribution in [0.5, 0.6) is 0 Å². The summed E-state index contributed by atoms with van der Waals surface area (Å²) in [5.74, 6) is 0.939. The number of rotatable bonds is 4. The largest absolute Gasteiger partial charge is 0.310 e. The number of nitrogens with one attached hydrogen (secondary N) is 1. The molecule has 0 aromatic carbocycles. The molecular formula is C16H22N4. The van der Waals surface area contributed by atoms with Crippen LogP contribution in [-0.4, -0.2) is 20.8 Å². The van der Waals surface area contributed by atoms with Gasteiger partial charge in [-0.05, 0) is 63.3 Å². The molecule has 106 valence electrons. The van der Waals surface area contributed by atoms with Crippen molar-refractivity contribution in [3.05, 3.63) is 40.3 Å². The molecule has 0 bridgehead atoms. The molecule has 1 aliphatic rings. The van der Waals surface area contributed by atoms with E-state index in [9.17, 15) is 0 Å². The van der Waals surface area contributed by atoms with E-state index in [0.717, 1.165) is 24.1 Å². The minimum Gasteiger partial charge on any atom is -0.310 e. The van der Waals surface area contributed by atoms with E-state index < -0.39 is 0 Å². The third-order valence-electron chi connectivity index (χ3n) is 4.13. The van der Waals surface area contributed by atoms with Gasteiger partial charge in [-0.15, -0.1) is 0 Å². The fourth-order valence-electron chi connectivity index (χ4n) is 2.42. The minimum atomic E-state index is 0.730. The van der Waals surface area contributed by atoms with Gasteiger partial charge in [0.1, 0.15) is 0 Å². The van der Waals surface area contributed by atoms with Gasteiger partial charge in [-0.25, -0.2) is 9.67 Å². The van der Waals surface area contributed by atoms with E-state index in [1.807, 2.05) is 17.8 Å². The molecule has 20 heavy (non-hydrogen) atoms. The summed E-state index contributed by atoms with van der Waals surface area (Å²) >= 11 is 0. The summed E-state index contributed by atoms with van der Waals surface area (Å²) in [6.45, 7) is 9.27. The maximum atomic E-state index is 4.62. The van der Waals surface area contributed by atoms with Crippen molar-refractivity contribution >= 4 is 0 Å². The van der Waals surface area contributed by atoms with Crippen LogP contribution in [0.25, 0.3) is 5.82 Å². The molecule has 0 unspecified atom stereocenters. The molecule has 1 saturated carbocycles. The summed E-state index contributed by atoms with van der Waals surface area (Å²) in [4.78, 5) is 4.62. The topological polar surface area (TPSA) is 42.7 Å². The monoisotopic (exact) mass is 270 g/mol. The lowest BCUT2D eigenvalue weighted by atomic mass is 10.2. The number of nitrogens with zero attached hydrogens (tertiary/aromatic N) is 3. The summed E-state index contributed by atoms with van der Waals surface area (Å²) in [5, 5.41) is 8.11. The molecule has 0 atom stereocenters. The first kappa shape index (κ1) is 13.3. The third-order valence-corrected chi connectivity index (χ3v) is 4.13. The van der Waals surface area contributed by atoms with Crippen LogP contribution in [0.4, 0.5) is 0 Å². The van der Waals surface area contributed by atoms with E-state index >= 15 is 0 Å². The van der Waals surface area contributed by atoms with Crippen molar-refractivity contribution in [2.75, 3.05) is 0 Å². The number of hydrogen-bond acceptors (Lipinski definition) is 3. The molecule has 0 saturated heterocycles. The summed E-state index contributed by atoms with van der Waals surface area (Å²) < 4.78 is 1.96.